The first-order chi connectivity index (χ1) is 14.7. The minimum Gasteiger partial charge on any atom is -0.343 e. The van der Waals surface area contributed by atoms with E-state index in [0.717, 1.165) is 56.4 Å². The van der Waals surface area contributed by atoms with Crippen molar-refractivity contribution in [3.63, 3.8) is 0 Å². The second kappa shape index (κ2) is 8.71. The monoisotopic (exact) mass is 426 g/mol. The van der Waals surface area contributed by atoms with Gasteiger partial charge in [0.05, 0.1) is 28.4 Å². The fourth-order valence-electron chi connectivity index (χ4n) is 4.62. The minimum absolute atomic E-state index is 0.233. The number of nitrogens with zero attached hydrogens (tertiary/aromatic N) is 2. The van der Waals surface area contributed by atoms with Crippen LogP contribution in [0, 0.1) is 5.82 Å². The Morgan fingerprint density at radius 2 is 1.77 bits per heavy atom. The Morgan fingerprint density at radius 3 is 2.50 bits per heavy atom. The third-order valence-corrected chi connectivity index (χ3v) is 7.46. The number of hydrogen-bond donors (Lipinski definition) is 0. The number of para-hydroxylation sites is 1. The van der Waals surface area contributed by atoms with Gasteiger partial charge in [0.1, 0.15) is 5.82 Å². The van der Waals surface area contributed by atoms with E-state index >= 15 is 0 Å². The van der Waals surface area contributed by atoms with Gasteiger partial charge in [0.25, 0.3) is 0 Å². The molecule has 0 spiro atoms. The van der Waals surface area contributed by atoms with Crippen LogP contribution >= 0.6 is 11.3 Å². The van der Waals surface area contributed by atoms with Crippen LogP contribution in [0.15, 0.2) is 48.5 Å². The number of ether oxygens (including phenoxy) is 2. The summed E-state index contributed by atoms with van der Waals surface area (Å²) < 4.78 is 26.6. The van der Waals surface area contributed by atoms with Gasteiger partial charge in [0.2, 0.25) is 0 Å². The first-order valence-electron chi connectivity index (χ1n) is 10.8. The largest absolute Gasteiger partial charge is 0.343 e. The predicted octanol–water partition coefficient (Wildman–Crippen LogP) is 5.29. The summed E-state index contributed by atoms with van der Waals surface area (Å²) in [6.07, 6.45) is 4.10. The molecule has 0 radical (unpaired) electrons. The molecule has 2 fully saturated rings. The molecule has 5 rings (SSSR count). The molecular formula is C24H27FN2O2S. The summed E-state index contributed by atoms with van der Waals surface area (Å²) in [6, 6.07) is 14.9. The number of benzene rings is 2. The molecule has 0 atom stereocenters. The number of aromatic nitrogens is 1. The quantitative estimate of drug-likeness (QED) is 0.536. The number of rotatable bonds is 6. The molecule has 3 aromatic rings. The summed E-state index contributed by atoms with van der Waals surface area (Å²) in [6.45, 7) is 4.41. The molecular weight excluding hydrogens is 399 g/mol. The molecule has 158 valence electrons. The number of halogens is 1. The zero-order valence-electron chi connectivity index (χ0n) is 17.1. The van der Waals surface area contributed by atoms with Crippen LogP contribution in [-0.2, 0) is 15.3 Å². The molecule has 0 bridgehead atoms. The Balaban J connectivity index is 1.14. The summed E-state index contributed by atoms with van der Waals surface area (Å²) in [5.41, 5.74) is 2.04. The summed E-state index contributed by atoms with van der Waals surface area (Å²) in [5.74, 6) is -0.374. The fraction of sp³-hybridized carbons (Fsp3) is 0.458. The Morgan fingerprint density at radius 1 is 1.03 bits per heavy atom. The van der Waals surface area contributed by atoms with Gasteiger partial charge in [-0.05, 0) is 63.2 Å². The number of likely N-dealkylation sites (tertiary alicyclic amines) is 1. The molecule has 2 aromatic carbocycles. The van der Waals surface area contributed by atoms with Crippen molar-refractivity contribution in [3.05, 3.63) is 64.9 Å². The maximum atomic E-state index is 13.3. The first kappa shape index (κ1) is 20.1. The minimum atomic E-state index is -0.715. The molecule has 2 saturated heterocycles. The van der Waals surface area contributed by atoms with E-state index in [2.05, 4.69) is 29.2 Å². The van der Waals surface area contributed by atoms with E-state index in [1.807, 2.05) is 11.3 Å². The molecule has 2 aliphatic heterocycles. The van der Waals surface area contributed by atoms with Crippen molar-refractivity contribution in [2.24, 2.45) is 0 Å². The smallest absolute Gasteiger partial charge is 0.195 e. The average Bonchev–Trinajstić information content (AvgIpc) is 3.42. The molecule has 0 saturated carbocycles. The van der Waals surface area contributed by atoms with Crippen LogP contribution in [0.3, 0.4) is 0 Å². The highest BCUT2D eigenvalue weighted by molar-refractivity contribution is 7.18. The molecule has 1 aromatic heterocycles. The van der Waals surface area contributed by atoms with Gasteiger partial charge >= 0.3 is 0 Å². The van der Waals surface area contributed by atoms with E-state index in [-0.39, 0.29) is 5.82 Å². The molecule has 2 aliphatic rings. The highest BCUT2D eigenvalue weighted by atomic mass is 32.1. The molecule has 0 amide bonds. The van der Waals surface area contributed by atoms with Gasteiger partial charge < -0.3 is 14.4 Å². The Labute approximate surface area is 180 Å². The Kier molecular flexibility index (Phi) is 5.83. The number of thiazole rings is 1. The normalized spacial score (nSPS) is 20.2. The molecule has 4 nitrogen and oxygen atoms in total. The maximum absolute atomic E-state index is 13.3. The van der Waals surface area contributed by atoms with Crippen LogP contribution in [0.1, 0.15) is 42.2 Å². The Hall–Kier alpha value is -1.86. The summed E-state index contributed by atoms with van der Waals surface area (Å²) in [5, 5.41) is 1.29. The second-order valence-corrected chi connectivity index (χ2v) is 9.26. The highest BCUT2D eigenvalue weighted by Crippen LogP contribution is 2.37. The maximum Gasteiger partial charge on any atom is 0.195 e. The molecule has 0 unspecified atom stereocenters. The van der Waals surface area contributed by atoms with Crippen molar-refractivity contribution in [3.8, 4) is 0 Å². The van der Waals surface area contributed by atoms with Crippen LogP contribution in [-0.4, -0.2) is 42.7 Å². The zero-order valence-corrected chi connectivity index (χ0v) is 17.9. The standard InChI is InChI=1S/C24H27FN2O2S/c25-20-8-6-19(7-9-20)24(28-16-17-29-24)12-3-13-27-14-10-18(11-15-27)23-26-21-4-1-2-5-22(21)30-23/h1-2,4-9,18H,3,10-17H2. The van der Waals surface area contributed by atoms with Crippen LogP contribution < -0.4 is 0 Å². The van der Waals surface area contributed by atoms with Crippen molar-refractivity contribution in [2.75, 3.05) is 32.8 Å². The van der Waals surface area contributed by atoms with Crippen molar-refractivity contribution in [2.45, 2.75) is 37.4 Å². The first-order valence-corrected chi connectivity index (χ1v) is 11.7. The van der Waals surface area contributed by atoms with Crippen molar-refractivity contribution < 1.29 is 13.9 Å². The van der Waals surface area contributed by atoms with Gasteiger partial charge in [-0.1, -0.05) is 24.3 Å². The summed E-state index contributed by atoms with van der Waals surface area (Å²) in [7, 11) is 0. The summed E-state index contributed by atoms with van der Waals surface area (Å²) in [4.78, 5) is 7.40. The van der Waals surface area contributed by atoms with E-state index in [0.29, 0.717) is 19.1 Å². The number of fused-ring (bicyclic) bond motifs is 1. The van der Waals surface area contributed by atoms with Crippen LogP contribution in [0.2, 0.25) is 0 Å². The highest BCUT2D eigenvalue weighted by Gasteiger charge is 2.38. The van der Waals surface area contributed by atoms with Gasteiger partial charge in [-0.15, -0.1) is 11.3 Å². The molecule has 3 heterocycles. The topological polar surface area (TPSA) is 34.6 Å². The van der Waals surface area contributed by atoms with E-state index in [1.165, 1.54) is 21.8 Å². The van der Waals surface area contributed by atoms with E-state index in [4.69, 9.17) is 14.5 Å². The third kappa shape index (κ3) is 4.14. The zero-order chi connectivity index (χ0) is 20.4. The Bertz CT molecular complexity index is 943. The molecule has 0 aliphatic carbocycles. The van der Waals surface area contributed by atoms with Crippen LogP contribution in [0.5, 0.6) is 0 Å². The third-order valence-electron chi connectivity index (χ3n) is 6.27. The van der Waals surface area contributed by atoms with Crippen LogP contribution in [0.4, 0.5) is 4.39 Å². The molecule has 30 heavy (non-hydrogen) atoms. The lowest BCUT2D eigenvalue weighted by atomic mass is 9.96. The number of piperidine rings is 1. The molecule has 0 N–H and O–H groups in total. The number of hydrogen-bond acceptors (Lipinski definition) is 5. The van der Waals surface area contributed by atoms with Crippen molar-refractivity contribution >= 4 is 21.6 Å². The van der Waals surface area contributed by atoms with E-state index in [1.54, 1.807) is 12.1 Å². The summed E-state index contributed by atoms with van der Waals surface area (Å²) >= 11 is 1.85. The van der Waals surface area contributed by atoms with Gasteiger partial charge in [0, 0.05) is 17.9 Å². The van der Waals surface area contributed by atoms with Crippen molar-refractivity contribution in [1.82, 2.24) is 9.88 Å². The lowest BCUT2D eigenvalue weighted by Gasteiger charge is -2.33. The molecule has 6 heteroatoms. The van der Waals surface area contributed by atoms with Crippen molar-refractivity contribution in [1.29, 1.82) is 0 Å². The fourth-order valence-corrected chi connectivity index (χ4v) is 5.75. The van der Waals surface area contributed by atoms with Gasteiger partial charge in [-0.25, -0.2) is 9.37 Å². The van der Waals surface area contributed by atoms with Crippen LogP contribution in [0.25, 0.3) is 10.2 Å². The SMILES string of the molecule is Fc1ccc(C2(CCCN3CCC(c4nc5ccccc5s4)CC3)OCCO2)cc1. The second-order valence-electron chi connectivity index (χ2n) is 8.20. The van der Waals surface area contributed by atoms with Gasteiger partial charge in [0.15, 0.2) is 5.79 Å². The lowest BCUT2D eigenvalue weighted by molar-refractivity contribution is -0.172. The predicted molar refractivity (Wildman–Crippen MR) is 117 cm³/mol. The van der Waals surface area contributed by atoms with Gasteiger partial charge in [-0.3, -0.25) is 0 Å². The lowest BCUT2D eigenvalue weighted by Crippen LogP contribution is -2.35. The van der Waals surface area contributed by atoms with E-state index < -0.39 is 5.79 Å². The van der Waals surface area contributed by atoms with Gasteiger partial charge in [-0.2, -0.15) is 0 Å². The average molecular weight is 427 g/mol. The van der Waals surface area contributed by atoms with E-state index in [9.17, 15) is 4.39 Å².